The van der Waals surface area contributed by atoms with Crippen LogP contribution in [0.5, 0.6) is 11.5 Å². The number of hydrogen-bond donors (Lipinski definition) is 0. The summed E-state index contributed by atoms with van der Waals surface area (Å²) in [5.41, 5.74) is 2.06. The molecule has 0 fully saturated rings. The van der Waals surface area contributed by atoms with Gasteiger partial charge in [-0.2, -0.15) is 0 Å². The summed E-state index contributed by atoms with van der Waals surface area (Å²) in [6.45, 7) is 0.320. The van der Waals surface area contributed by atoms with E-state index in [4.69, 9.17) is 25.8 Å². The second-order valence-electron chi connectivity index (χ2n) is 6.80. The lowest BCUT2D eigenvalue weighted by Gasteiger charge is -2.14. The summed E-state index contributed by atoms with van der Waals surface area (Å²) in [6, 6.07) is 16.5. The summed E-state index contributed by atoms with van der Waals surface area (Å²) in [4.78, 5) is 16.5. The molecule has 4 rings (SSSR count). The van der Waals surface area contributed by atoms with E-state index >= 15 is 0 Å². The Bertz CT molecular complexity index is 1240. The van der Waals surface area contributed by atoms with Crippen molar-refractivity contribution in [2.24, 2.45) is 4.99 Å². The van der Waals surface area contributed by atoms with Crippen molar-refractivity contribution in [3.05, 3.63) is 98.4 Å². The summed E-state index contributed by atoms with van der Waals surface area (Å²) < 4.78 is 30.7. The van der Waals surface area contributed by atoms with Gasteiger partial charge >= 0.3 is 5.97 Å². The highest BCUT2D eigenvalue weighted by Gasteiger charge is 2.24. The SMILES string of the molecule is COc1cc(/C=C2\N=C(c3cccc(F)c3)OC2=O)cc(Br)c1OCc1ccc(Cl)cc1. The second-order valence-corrected chi connectivity index (χ2v) is 8.09. The van der Waals surface area contributed by atoms with Gasteiger partial charge in [0.2, 0.25) is 5.90 Å². The third-order valence-corrected chi connectivity index (χ3v) is 5.38. The van der Waals surface area contributed by atoms with Gasteiger partial charge in [-0.1, -0.05) is 29.8 Å². The van der Waals surface area contributed by atoms with E-state index in [-0.39, 0.29) is 11.6 Å². The van der Waals surface area contributed by atoms with Crippen LogP contribution in [-0.4, -0.2) is 19.0 Å². The van der Waals surface area contributed by atoms with Crippen LogP contribution in [0, 0.1) is 5.82 Å². The van der Waals surface area contributed by atoms with Gasteiger partial charge in [0.05, 0.1) is 11.6 Å². The summed E-state index contributed by atoms with van der Waals surface area (Å²) in [5.74, 6) is -0.0258. The molecule has 32 heavy (non-hydrogen) atoms. The smallest absolute Gasteiger partial charge is 0.363 e. The standard InChI is InChI=1S/C24H16BrClFNO4/c1-30-21-11-15(9-19(25)22(21)31-13-14-5-7-17(26)8-6-14)10-20-24(29)32-23(28-20)16-3-2-4-18(27)12-16/h2-12H,13H2,1H3/b20-10-. The van der Waals surface area contributed by atoms with Crippen LogP contribution >= 0.6 is 27.5 Å². The highest BCUT2D eigenvalue weighted by molar-refractivity contribution is 9.10. The normalized spacial score (nSPS) is 14.3. The zero-order valence-corrected chi connectivity index (χ0v) is 19.1. The van der Waals surface area contributed by atoms with E-state index < -0.39 is 11.8 Å². The molecular formula is C24H16BrClFNO4. The van der Waals surface area contributed by atoms with Gasteiger partial charge in [0, 0.05) is 10.6 Å². The van der Waals surface area contributed by atoms with Gasteiger partial charge in [0.15, 0.2) is 17.2 Å². The van der Waals surface area contributed by atoms with E-state index in [2.05, 4.69) is 20.9 Å². The Morgan fingerprint density at radius 1 is 1.16 bits per heavy atom. The predicted molar refractivity (Wildman–Crippen MR) is 123 cm³/mol. The number of esters is 1. The molecule has 8 heteroatoms. The number of rotatable bonds is 6. The van der Waals surface area contributed by atoms with Gasteiger partial charge in [-0.25, -0.2) is 14.2 Å². The first kappa shape index (κ1) is 22.0. The minimum atomic E-state index is -0.623. The molecule has 1 aliphatic heterocycles. The maximum Gasteiger partial charge on any atom is 0.363 e. The minimum absolute atomic E-state index is 0.0506. The number of halogens is 3. The maximum atomic E-state index is 13.5. The quantitative estimate of drug-likeness (QED) is 0.290. The summed E-state index contributed by atoms with van der Waals surface area (Å²) >= 11 is 9.41. The third kappa shape index (κ3) is 5.00. The number of benzene rings is 3. The van der Waals surface area contributed by atoms with Crippen molar-refractivity contribution in [3.8, 4) is 11.5 Å². The molecule has 1 aliphatic rings. The fraction of sp³-hybridized carbons (Fsp3) is 0.0833. The zero-order chi connectivity index (χ0) is 22.7. The van der Waals surface area contributed by atoms with Crippen molar-refractivity contribution >= 4 is 45.5 Å². The number of nitrogens with zero attached hydrogens (tertiary/aromatic N) is 1. The highest BCUT2D eigenvalue weighted by Crippen LogP contribution is 2.38. The third-order valence-electron chi connectivity index (χ3n) is 4.54. The molecule has 0 unspecified atom stereocenters. The van der Waals surface area contributed by atoms with Crippen molar-refractivity contribution in [3.63, 3.8) is 0 Å². The molecule has 0 spiro atoms. The first-order chi connectivity index (χ1) is 15.4. The van der Waals surface area contributed by atoms with Crippen LogP contribution in [0.2, 0.25) is 5.02 Å². The summed E-state index contributed by atoms with van der Waals surface area (Å²) in [6.07, 6.45) is 1.56. The van der Waals surface area contributed by atoms with Crippen molar-refractivity contribution in [2.75, 3.05) is 7.11 Å². The van der Waals surface area contributed by atoms with Gasteiger partial charge in [0.1, 0.15) is 12.4 Å². The summed E-state index contributed by atoms with van der Waals surface area (Å²) in [7, 11) is 1.53. The molecular weight excluding hydrogens is 501 g/mol. The monoisotopic (exact) mass is 515 g/mol. The molecule has 0 radical (unpaired) electrons. The number of methoxy groups -OCH3 is 1. The van der Waals surface area contributed by atoms with Crippen molar-refractivity contribution in [2.45, 2.75) is 6.61 Å². The molecule has 162 valence electrons. The average molecular weight is 517 g/mol. The van der Waals surface area contributed by atoms with E-state index in [1.54, 1.807) is 36.4 Å². The number of carbonyl (C=O) groups excluding carboxylic acids is 1. The molecule has 0 saturated heterocycles. The van der Waals surface area contributed by atoms with Crippen LogP contribution in [0.25, 0.3) is 6.08 Å². The van der Waals surface area contributed by atoms with E-state index in [9.17, 15) is 9.18 Å². The Kier molecular flexibility index (Phi) is 6.58. The fourth-order valence-corrected chi connectivity index (χ4v) is 3.71. The molecule has 0 saturated carbocycles. The van der Waals surface area contributed by atoms with Gasteiger partial charge in [-0.05, 0) is 75.6 Å². The van der Waals surface area contributed by atoms with Gasteiger partial charge in [0.25, 0.3) is 0 Å². The molecule has 0 N–H and O–H groups in total. The largest absolute Gasteiger partial charge is 0.493 e. The van der Waals surface area contributed by atoms with Crippen LogP contribution < -0.4 is 9.47 Å². The number of carbonyl (C=O) groups is 1. The zero-order valence-electron chi connectivity index (χ0n) is 16.8. The molecule has 1 heterocycles. The number of cyclic esters (lactones) is 1. The maximum absolute atomic E-state index is 13.5. The topological polar surface area (TPSA) is 57.1 Å². The molecule has 0 atom stereocenters. The Labute approximate surface area is 197 Å². The van der Waals surface area contributed by atoms with Crippen LogP contribution in [0.4, 0.5) is 4.39 Å². The van der Waals surface area contributed by atoms with E-state index in [1.165, 1.54) is 25.3 Å². The minimum Gasteiger partial charge on any atom is -0.493 e. The molecule has 3 aromatic carbocycles. The molecule has 0 bridgehead atoms. The fourth-order valence-electron chi connectivity index (χ4n) is 3.01. The van der Waals surface area contributed by atoms with E-state index in [0.29, 0.717) is 38.7 Å². The number of aliphatic imine (C=N–C) groups is 1. The lowest BCUT2D eigenvalue weighted by Crippen LogP contribution is -2.05. The van der Waals surface area contributed by atoms with Crippen LogP contribution in [0.1, 0.15) is 16.7 Å². The Hall–Kier alpha value is -3.16. The number of ether oxygens (including phenoxy) is 3. The van der Waals surface area contributed by atoms with Gasteiger partial charge in [-0.15, -0.1) is 0 Å². The lowest BCUT2D eigenvalue weighted by atomic mass is 10.1. The first-order valence-electron chi connectivity index (χ1n) is 9.46. The average Bonchev–Trinajstić information content (AvgIpc) is 3.14. The highest BCUT2D eigenvalue weighted by atomic mass is 79.9. The Balaban J connectivity index is 1.59. The Morgan fingerprint density at radius 2 is 1.94 bits per heavy atom. The van der Waals surface area contributed by atoms with E-state index in [1.807, 2.05) is 12.1 Å². The van der Waals surface area contributed by atoms with Crippen molar-refractivity contribution in [1.82, 2.24) is 0 Å². The molecule has 0 amide bonds. The molecule has 3 aromatic rings. The molecule has 5 nitrogen and oxygen atoms in total. The predicted octanol–water partition coefficient (Wildman–Crippen LogP) is 6.17. The van der Waals surface area contributed by atoms with Crippen LogP contribution in [0.3, 0.4) is 0 Å². The van der Waals surface area contributed by atoms with Gasteiger partial charge < -0.3 is 14.2 Å². The Morgan fingerprint density at radius 3 is 2.66 bits per heavy atom. The van der Waals surface area contributed by atoms with Crippen LogP contribution in [-0.2, 0) is 16.1 Å². The van der Waals surface area contributed by atoms with E-state index in [0.717, 1.165) is 5.56 Å². The number of hydrogen-bond acceptors (Lipinski definition) is 5. The summed E-state index contributed by atoms with van der Waals surface area (Å²) in [5, 5.41) is 0.651. The lowest BCUT2D eigenvalue weighted by molar-refractivity contribution is -0.129. The van der Waals surface area contributed by atoms with Crippen LogP contribution in [0.15, 0.2) is 75.8 Å². The van der Waals surface area contributed by atoms with Gasteiger partial charge in [-0.3, -0.25) is 0 Å². The molecule has 0 aromatic heterocycles. The van der Waals surface area contributed by atoms with Crippen molar-refractivity contribution < 1.29 is 23.4 Å². The second kappa shape index (κ2) is 9.54. The van der Waals surface area contributed by atoms with Crippen molar-refractivity contribution in [1.29, 1.82) is 0 Å². The first-order valence-corrected chi connectivity index (χ1v) is 10.6. The molecule has 0 aliphatic carbocycles.